The van der Waals surface area contributed by atoms with Crippen LogP contribution in [0.2, 0.25) is 0 Å². The Kier molecular flexibility index (Phi) is 3.99. The molecule has 0 saturated carbocycles. The maximum absolute atomic E-state index is 10.4. The van der Waals surface area contributed by atoms with E-state index >= 15 is 0 Å². The first-order chi connectivity index (χ1) is 6.30. The van der Waals surface area contributed by atoms with Gasteiger partial charge in [-0.15, -0.1) is 0 Å². The maximum Gasteiger partial charge on any atom is 0.194 e. The van der Waals surface area contributed by atoms with Gasteiger partial charge in [0.2, 0.25) is 0 Å². The Morgan fingerprint density at radius 2 is 2.00 bits per heavy atom. The zero-order valence-corrected chi connectivity index (χ0v) is 8.08. The van der Waals surface area contributed by atoms with Gasteiger partial charge in [-0.3, -0.25) is 4.79 Å². The van der Waals surface area contributed by atoms with E-state index in [9.17, 15) is 4.79 Å². The lowest BCUT2D eigenvalue weighted by molar-refractivity contribution is 0.0987. The van der Waals surface area contributed by atoms with Crippen LogP contribution >= 0.6 is 11.3 Å². The predicted octanol–water partition coefficient (Wildman–Crippen LogP) is 3.23. The first kappa shape index (κ1) is 9.74. The SMILES string of the molecule is CC(=O)c1ccco1.c1ccsc1. The Hall–Kier alpha value is -1.35. The second-order valence-electron chi connectivity index (χ2n) is 2.33. The van der Waals surface area contributed by atoms with E-state index < -0.39 is 0 Å². The molecule has 3 heteroatoms. The summed E-state index contributed by atoms with van der Waals surface area (Å²) in [5, 5.41) is 4.08. The van der Waals surface area contributed by atoms with Gasteiger partial charge in [0.25, 0.3) is 0 Å². The molecule has 0 aliphatic heterocycles. The van der Waals surface area contributed by atoms with Crippen molar-refractivity contribution in [2.45, 2.75) is 6.92 Å². The van der Waals surface area contributed by atoms with E-state index in [4.69, 9.17) is 4.42 Å². The number of hydrogen-bond donors (Lipinski definition) is 0. The summed E-state index contributed by atoms with van der Waals surface area (Å²) in [5.74, 6) is 0.389. The predicted molar refractivity (Wildman–Crippen MR) is 53.0 cm³/mol. The lowest BCUT2D eigenvalue weighted by atomic mass is 10.3. The van der Waals surface area contributed by atoms with Crippen LogP contribution in [0, 0.1) is 0 Å². The third-order valence-electron chi connectivity index (χ3n) is 1.29. The van der Waals surface area contributed by atoms with E-state index in [0.29, 0.717) is 5.76 Å². The van der Waals surface area contributed by atoms with E-state index in [1.807, 2.05) is 22.9 Å². The van der Waals surface area contributed by atoms with Crippen molar-refractivity contribution >= 4 is 17.1 Å². The third-order valence-corrected chi connectivity index (χ3v) is 1.92. The van der Waals surface area contributed by atoms with Gasteiger partial charge < -0.3 is 4.42 Å². The molecule has 0 saturated heterocycles. The molecule has 68 valence electrons. The van der Waals surface area contributed by atoms with Crippen molar-refractivity contribution < 1.29 is 9.21 Å². The summed E-state index contributed by atoms with van der Waals surface area (Å²) in [7, 11) is 0. The van der Waals surface area contributed by atoms with E-state index in [2.05, 4.69) is 0 Å². The van der Waals surface area contributed by atoms with Gasteiger partial charge in [0.15, 0.2) is 11.5 Å². The number of carbonyl (C=O) groups is 1. The molecule has 0 aromatic carbocycles. The molecular formula is C10H10O2S. The molecule has 0 aliphatic rings. The molecule has 0 amide bonds. The van der Waals surface area contributed by atoms with Crippen molar-refractivity contribution in [3.8, 4) is 0 Å². The monoisotopic (exact) mass is 194 g/mol. The van der Waals surface area contributed by atoms with Crippen molar-refractivity contribution in [3.63, 3.8) is 0 Å². The number of thiophene rings is 1. The van der Waals surface area contributed by atoms with Gasteiger partial charge >= 0.3 is 0 Å². The molecule has 0 atom stereocenters. The lowest BCUT2D eigenvalue weighted by Crippen LogP contribution is -1.85. The summed E-state index contributed by atoms with van der Waals surface area (Å²) in [6.07, 6.45) is 1.48. The molecule has 0 unspecified atom stereocenters. The number of carbonyl (C=O) groups excluding carboxylic acids is 1. The van der Waals surface area contributed by atoms with Gasteiger partial charge in [-0.05, 0) is 22.9 Å². The minimum absolute atomic E-state index is 0.0324. The molecule has 13 heavy (non-hydrogen) atoms. The van der Waals surface area contributed by atoms with Gasteiger partial charge in [-0.2, -0.15) is 11.3 Å². The number of rotatable bonds is 1. The summed E-state index contributed by atoms with van der Waals surface area (Å²) < 4.78 is 4.75. The van der Waals surface area contributed by atoms with Crippen molar-refractivity contribution in [1.29, 1.82) is 0 Å². The zero-order chi connectivity index (χ0) is 9.52. The summed E-state index contributed by atoms with van der Waals surface area (Å²) in [4.78, 5) is 10.4. The fourth-order valence-corrected chi connectivity index (χ4v) is 1.16. The van der Waals surface area contributed by atoms with Crippen LogP contribution in [-0.2, 0) is 0 Å². The Morgan fingerprint density at radius 1 is 1.31 bits per heavy atom. The molecule has 0 aliphatic carbocycles. The summed E-state index contributed by atoms with van der Waals surface area (Å²) >= 11 is 1.71. The van der Waals surface area contributed by atoms with Crippen LogP contribution in [0.3, 0.4) is 0 Å². The highest BCUT2D eigenvalue weighted by Gasteiger charge is 1.97. The summed E-state index contributed by atoms with van der Waals surface area (Å²) in [6, 6.07) is 7.37. The van der Waals surface area contributed by atoms with Crippen molar-refractivity contribution in [3.05, 3.63) is 47.0 Å². The van der Waals surface area contributed by atoms with E-state index in [0.717, 1.165) is 0 Å². The average molecular weight is 194 g/mol. The molecule has 2 aromatic rings. The molecule has 2 heterocycles. The molecule has 0 fully saturated rings. The smallest absolute Gasteiger partial charge is 0.194 e. The Balaban J connectivity index is 0.000000145. The highest BCUT2D eigenvalue weighted by Crippen LogP contribution is 1.98. The minimum atomic E-state index is -0.0324. The molecule has 2 aromatic heterocycles. The van der Waals surface area contributed by atoms with Gasteiger partial charge in [0.1, 0.15) is 0 Å². The van der Waals surface area contributed by atoms with E-state index in [1.165, 1.54) is 13.2 Å². The average Bonchev–Trinajstić information content (AvgIpc) is 2.82. The molecular weight excluding hydrogens is 184 g/mol. The second-order valence-corrected chi connectivity index (χ2v) is 3.14. The fraction of sp³-hybridized carbons (Fsp3) is 0.100. The fourth-order valence-electron chi connectivity index (χ4n) is 0.706. The zero-order valence-electron chi connectivity index (χ0n) is 7.27. The number of Topliss-reactive ketones (excluding diaryl/α,β-unsaturated/α-hetero) is 1. The second kappa shape index (κ2) is 5.32. The molecule has 0 spiro atoms. The Bertz CT molecular complexity index is 304. The van der Waals surface area contributed by atoms with Crippen LogP contribution < -0.4 is 0 Å². The summed E-state index contributed by atoms with van der Waals surface area (Å²) in [5.41, 5.74) is 0. The number of furan rings is 1. The quantitative estimate of drug-likeness (QED) is 0.652. The summed E-state index contributed by atoms with van der Waals surface area (Å²) in [6.45, 7) is 1.47. The normalized spacial score (nSPS) is 8.69. The Morgan fingerprint density at radius 3 is 2.23 bits per heavy atom. The molecule has 2 nitrogen and oxygen atoms in total. The minimum Gasteiger partial charge on any atom is -0.461 e. The van der Waals surface area contributed by atoms with Crippen molar-refractivity contribution in [2.24, 2.45) is 0 Å². The van der Waals surface area contributed by atoms with E-state index in [1.54, 1.807) is 23.5 Å². The van der Waals surface area contributed by atoms with Crippen LogP contribution in [0.5, 0.6) is 0 Å². The molecule has 0 N–H and O–H groups in total. The van der Waals surface area contributed by atoms with E-state index in [-0.39, 0.29) is 5.78 Å². The third kappa shape index (κ3) is 3.71. The molecule has 0 radical (unpaired) electrons. The standard InChI is InChI=1S/C6H6O2.C4H4S/c1-5(7)6-3-2-4-8-6;1-2-4-5-3-1/h2-4H,1H3;1-4H. The molecule has 2 rings (SSSR count). The van der Waals surface area contributed by atoms with Gasteiger partial charge in [0, 0.05) is 6.92 Å². The van der Waals surface area contributed by atoms with Crippen LogP contribution in [-0.4, -0.2) is 5.78 Å². The van der Waals surface area contributed by atoms with Gasteiger partial charge in [0.05, 0.1) is 6.26 Å². The van der Waals surface area contributed by atoms with Crippen molar-refractivity contribution in [1.82, 2.24) is 0 Å². The van der Waals surface area contributed by atoms with Gasteiger partial charge in [-0.1, -0.05) is 12.1 Å². The number of hydrogen-bond acceptors (Lipinski definition) is 3. The first-order valence-corrected chi connectivity index (χ1v) is 4.76. The highest BCUT2D eigenvalue weighted by molar-refractivity contribution is 7.07. The number of ketones is 1. The van der Waals surface area contributed by atoms with Crippen LogP contribution in [0.25, 0.3) is 0 Å². The first-order valence-electron chi connectivity index (χ1n) is 3.82. The largest absolute Gasteiger partial charge is 0.461 e. The lowest BCUT2D eigenvalue weighted by Gasteiger charge is -1.80. The topological polar surface area (TPSA) is 30.2 Å². The van der Waals surface area contributed by atoms with Crippen LogP contribution in [0.4, 0.5) is 0 Å². The highest BCUT2D eigenvalue weighted by atomic mass is 32.1. The van der Waals surface area contributed by atoms with Gasteiger partial charge in [-0.25, -0.2) is 0 Å². The Labute approximate surface area is 80.8 Å². The maximum atomic E-state index is 10.4. The van der Waals surface area contributed by atoms with Crippen LogP contribution in [0.1, 0.15) is 17.5 Å². The van der Waals surface area contributed by atoms with Crippen molar-refractivity contribution in [2.75, 3.05) is 0 Å². The van der Waals surface area contributed by atoms with Crippen LogP contribution in [0.15, 0.2) is 45.7 Å². The molecule has 0 bridgehead atoms.